The van der Waals surface area contributed by atoms with Crippen LogP contribution in [0.4, 0.5) is 0 Å². The van der Waals surface area contributed by atoms with E-state index in [0.717, 1.165) is 5.56 Å². The van der Waals surface area contributed by atoms with Gasteiger partial charge in [-0.2, -0.15) is 0 Å². The molecule has 4 heteroatoms. The number of amides is 1. The predicted molar refractivity (Wildman–Crippen MR) is 71.2 cm³/mol. The molecule has 0 bridgehead atoms. The zero-order valence-electron chi connectivity index (χ0n) is 9.47. The molecule has 0 aromatic heterocycles. The van der Waals surface area contributed by atoms with E-state index in [0.29, 0.717) is 16.5 Å². The third kappa shape index (κ3) is 4.68. The average Bonchev–Trinajstić information content (AvgIpc) is 2.23. The Bertz CT molecular complexity index is 451. The number of terminal acetylenes is 1. The number of carbonyl (C=O) groups excluding carboxylic acids is 1. The number of hydrogen-bond acceptors (Lipinski definition) is 1. The van der Waals surface area contributed by atoms with E-state index in [9.17, 15) is 4.79 Å². The van der Waals surface area contributed by atoms with Crippen LogP contribution < -0.4 is 5.32 Å². The van der Waals surface area contributed by atoms with Crippen molar-refractivity contribution in [2.75, 3.05) is 0 Å². The molecule has 17 heavy (non-hydrogen) atoms. The first-order valence-corrected chi connectivity index (χ1v) is 5.95. The minimum absolute atomic E-state index is 0.0183. The van der Waals surface area contributed by atoms with Crippen LogP contribution in [-0.4, -0.2) is 11.9 Å². The van der Waals surface area contributed by atoms with E-state index in [-0.39, 0.29) is 18.4 Å². The second kappa shape index (κ2) is 6.54. The summed E-state index contributed by atoms with van der Waals surface area (Å²) < 4.78 is 0. The van der Waals surface area contributed by atoms with Crippen LogP contribution in [0.2, 0.25) is 10.0 Å². The smallest absolute Gasteiger partial charge is 0.224 e. The molecule has 1 aromatic rings. The molecule has 0 aliphatic heterocycles. The fourth-order valence-corrected chi connectivity index (χ4v) is 1.71. The summed E-state index contributed by atoms with van der Waals surface area (Å²) in [5.41, 5.74) is 0.824. The maximum absolute atomic E-state index is 11.6. The molecular formula is C13H13Cl2NO. The van der Waals surface area contributed by atoms with E-state index in [1.165, 1.54) is 0 Å². The summed E-state index contributed by atoms with van der Waals surface area (Å²) >= 11 is 11.7. The fraction of sp³-hybridized carbons (Fsp3) is 0.308. The van der Waals surface area contributed by atoms with Gasteiger partial charge in [0.15, 0.2) is 0 Å². The third-order valence-corrected chi connectivity index (χ3v) is 2.92. The van der Waals surface area contributed by atoms with Crippen molar-refractivity contribution < 1.29 is 4.79 Å². The van der Waals surface area contributed by atoms with Crippen molar-refractivity contribution in [1.29, 1.82) is 0 Å². The average molecular weight is 270 g/mol. The molecule has 2 nitrogen and oxygen atoms in total. The lowest BCUT2D eigenvalue weighted by Crippen LogP contribution is -2.33. The molecule has 0 fully saturated rings. The van der Waals surface area contributed by atoms with Crippen molar-refractivity contribution in [2.24, 2.45) is 0 Å². The molecular weight excluding hydrogens is 257 g/mol. The molecule has 0 heterocycles. The maximum Gasteiger partial charge on any atom is 0.224 e. The van der Waals surface area contributed by atoms with Gasteiger partial charge in [0.2, 0.25) is 5.91 Å². The van der Waals surface area contributed by atoms with Crippen LogP contribution >= 0.6 is 23.2 Å². The Morgan fingerprint density at radius 1 is 1.47 bits per heavy atom. The molecule has 0 aliphatic carbocycles. The van der Waals surface area contributed by atoms with Crippen molar-refractivity contribution in [1.82, 2.24) is 5.32 Å². The second-order valence-electron chi connectivity index (χ2n) is 3.80. The zero-order chi connectivity index (χ0) is 12.8. The Kier molecular flexibility index (Phi) is 5.34. The topological polar surface area (TPSA) is 29.1 Å². The first kappa shape index (κ1) is 13.9. The van der Waals surface area contributed by atoms with Crippen LogP contribution in [0.15, 0.2) is 18.2 Å². The predicted octanol–water partition coefficient (Wildman–Crippen LogP) is 3.06. The second-order valence-corrected chi connectivity index (χ2v) is 4.62. The lowest BCUT2D eigenvalue weighted by atomic mass is 10.1. The number of carbonyl (C=O) groups is 1. The Morgan fingerprint density at radius 3 is 2.76 bits per heavy atom. The van der Waals surface area contributed by atoms with Gasteiger partial charge in [0, 0.05) is 12.5 Å². The molecule has 0 radical (unpaired) electrons. The molecule has 0 spiro atoms. The molecule has 1 atom stereocenters. The number of halogens is 2. The normalized spacial score (nSPS) is 11.6. The summed E-state index contributed by atoms with van der Waals surface area (Å²) in [5.74, 6) is 2.42. The van der Waals surface area contributed by atoms with E-state index in [1.807, 2.05) is 6.92 Å². The number of hydrogen-bond donors (Lipinski definition) is 1. The van der Waals surface area contributed by atoms with Crippen LogP contribution in [0.1, 0.15) is 18.9 Å². The van der Waals surface area contributed by atoms with Gasteiger partial charge in [-0.1, -0.05) is 29.3 Å². The monoisotopic (exact) mass is 269 g/mol. The van der Waals surface area contributed by atoms with Gasteiger partial charge in [0.1, 0.15) is 0 Å². The van der Waals surface area contributed by atoms with E-state index >= 15 is 0 Å². The molecule has 0 saturated carbocycles. The van der Waals surface area contributed by atoms with Crippen LogP contribution in [0.5, 0.6) is 0 Å². The van der Waals surface area contributed by atoms with Crippen LogP contribution in [-0.2, 0) is 11.2 Å². The molecule has 0 saturated heterocycles. The maximum atomic E-state index is 11.6. The van der Waals surface area contributed by atoms with Crippen molar-refractivity contribution in [3.63, 3.8) is 0 Å². The minimum atomic E-state index is -0.0776. The highest BCUT2D eigenvalue weighted by Crippen LogP contribution is 2.22. The highest BCUT2D eigenvalue weighted by atomic mass is 35.5. The van der Waals surface area contributed by atoms with Crippen molar-refractivity contribution in [3.05, 3.63) is 33.8 Å². The Balaban J connectivity index is 2.57. The largest absolute Gasteiger partial charge is 0.352 e. The molecule has 0 aliphatic rings. The summed E-state index contributed by atoms with van der Waals surface area (Å²) in [6, 6.07) is 5.13. The van der Waals surface area contributed by atoms with Crippen molar-refractivity contribution in [3.8, 4) is 12.3 Å². The standard InChI is InChI=1S/C13H13Cl2NO/c1-3-4-9(2)16-13(17)8-10-5-6-11(14)12(15)7-10/h1,5-7,9H,4,8H2,2H3,(H,16,17). The van der Waals surface area contributed by atoms with Gasteiger partial charge in [-0.25, -0.2) is 0 Å². The van der Waals surface area contributed by atoms with Crippen LogP contribution in [0.3, 0.4) is 0 Å². The lowest BCUT2D eigenvalue weighted by molar-refractivity contribution is -0.121. The Morgan fingerprint density at radius 2 is 2.18 bits per heavy atom. The van der Waals surface area contributed by atoms with Gasteiger partial charge >= 0.3 is 0 Å². The number of benzene rings is 1. The number of nitrogens with one attached hydrogen (secondary N) is 1. The zero-order valence-corrected chi connectivity index (χ0v) is 11.0. The summed E-state index contributed by atoms with van der Waals surface area (Å²) in [6.45, 7) is 1.87. The Labute approximate surface area is 111 Å². The molecule has 1 N–H and O–H groups in total. The fourth-order valence-electron chi connectivity index (χ4n) is 1.39. The summed E-state index contributed by atoms with van der Waals surface area (Å²) in [4.78, 5) is 11.6. The lowest BCUT2D eigenvalue weighted by Gasteiger charge is -2.11. The van der Waals surface area contributed by atoms with Gasteiger partial charge in [-0.3, -0.25) is 4.79 Å². The molecule has 1 amide bonds. The van der Waals surface area contributed by atoms with Crippen LogP contribution in [0.25, 0.3) is 0 Å². The van der Waals surface area contributed by atoms with E-state index in [4.69, 9.17) is 29.6 Å². The van der Waals surface area contributed by atoms with Gasteiger partial charge in [-0.15, -0.1) is 12.3 Å². The summed E-state index contributed by atoms with van der Waals surface area (Å²) in [5, 5.41) is 3.74. The van der Waals surface area contributed by atoms with E-state index < -0.39 is 0 Å². The molecule has 1 rings (SSSR count). The molecule has 90 valence electrons. The molecule has 1 aromatic carbocycles. The third-order valence-electron chi connectivity index (χ3n) is 2.18. The van der Waals surface area contributed by atoms with Crippen LogP contribution in [0, 0.1) is 12.3 Å². The van der Waals surface area contributed by atoms with Gasteiger partial charge in [-0.05, 0) is 24.6 Å². The van der Waals surface area contributed by atoms with E-state index in [1.54, 1.807) is 18.2 Å². The highest BCUT2D eigenvalue weighted by molar-refractivity contribution is 6.42. The molecule has 1 unspecified atom stereocenters. The van der Waals surface area contributed by atoms with Gasteiger partial charge < -0.3 is 5.32 Å². The summed E-state index contributed by atoms with van der Waals surface area (Å²) in [7, 11) is 0. The Hall–Kier alpha value is -1.17. The SMILES string of the molecule is C#CCC(C)NC(=O)Cc1ccc(Cl)c(Cl)c1. The van der Waals surface area contributed by atoms with Crippen molar-refractivity contribution in [2.45, 2.75) is 25.8 Å². The number of rotatable bonds is 4. The van der Waals surface area contributed by atoms with Crippen molar-refractivity contribution >= 4 is 29.1 Å². The first-order valence-electron chi connectivity index (χ1n) is 5.19. The first-order chi connectivity index (χ1) is 8.02. The summed E-state index contributed by atoms with van der Waals surface area (Å²) in [6.07, 6.45) is 5.95. The highest BCUT2D eigenvalue weighted by Gasteiger charge is 2.08. The van der Waals surface area contributed by atoms with Gasteiger partial charge in [0.05, 0.1) is 16.5 Å². The minimum Gasteiger partial charge on any atom is -0.352 e. The quantitative estimate of drug-likeness (QED) is 0.837. The van der Waals surface area contributed by atoms with E-state index in [2.05, 4.69) is 11.2 Å². The van der Waals surface area contributed by atoms with Gasteiger partial charge in [0.25, 0.3) is 0 Å².